The minimum atomic E-state index is -1.02. The quantitative estimate of drug-likeness (QED) is 0.510. The number of aromatic nitrogens is 1. The third kappa shape index (κ3) is 4.19. The number of rotatable bonds is 4. The van der Waals surface area contributed by atoms with Gasteiger partial charge in [0.25, 0.3) is 5.91 Å². The zero-order valence-electron chi connectivity index (χ0n) is 12.9. The van der Waals surface area contributed by atoms with Gasteiger partial charge in [-0.1, -0.05) is 19.3 Å². The maximum Gasteiger partial charge on any atom is 0.339 e. The van der Waals surface area contributed by atoms with Crippen LogP contribution in [-0.4, -0.2) is 23.5 Å². The van der Waals surface area contributed by atoms with Gasteiger partial charge in [0.05, 0.1) is 11.6 Å². The molecule has 0 spiro atoms. The van der Waals surface area contributed by atoms with Crippen molar-refractivity contribution in [1.29, 1.82) is 5.26 Å². The largest absolute Gasteiger partial charge is 0.619 e. The molecule has 1 fully saturated rings. The first-order valence-corrected chi connectivity index (χ1v) is 7.59. The Labute approximate surface area is 134 Å². The number of carbonyl (C=O) groups is 2. The summed E-state index contributed by atoms with van der Waals surface area (Å²) in [5.74, 6) is -1.18. The molecular formula is C16H19N3O4. The molecule has 1 amide bonds. The van der Waals surface area contributed by atoms with Crippen LogP contribution in [0.25, 0.3) is 0 Å². The van der Waals surface area contributed by atoms with Crippen LogP contribution >= 0.6 is 0 Å². The predicted octanol–water partition coefficient (Wildman–Crippen LogP) is 1.21. The van der Waals surface area contributed by atoms with Crippen molar-refractivity contribution in [3.05, 3.63) is 35.3 Å². The van der Waals surface area contributed by atoms with Crippen LogP contribution < -0.4 is 10.0 Å². The highest BCUT2D eigenvalue weighted by Crippen LogP contribution is 2.27. The van der Waals surface area contributed by atoms with Crippen LogP contribution in [0.3, 0.4) is 0 Å². The summed E-state index contributed by atoms with van der Waals surface area (Å²) in [6.45, 7) is 1.46. The molecule has 1 N–H and O–H groups in total. The second-order valence-corrected chi connectivity index (χ2v) is 5.74. The van der Waals surface area contributed by atoms with Crippen LogP contribution in [0.1, 0.15) is 49.4 Å². The summed E-state index contributed by atoms with van der Waals surface area (Å²) in [6.07, 6.45) is 5.38. The Bertz CT molecular complexity index is 615. The Morgan fingerprint density at radius 3 is 2.52 bits per heavy atom. The topological polar surface area (TPSA) is 106 Å². The maximum atomic E-state index is 12.2. The predicted molar refractivity (Wildman–Crippen MR) is 79.9 cm³/mol. The third-order valence-corrected chi connectivity index (χ3v) is 3.97. The average molecular weight is 317 g/mol. The van der Waals surface area contributed by atoms with Crippen molar-refractivity contribution >= 4 is 11.9 Å². The number of esters is 1. The van der Waals surface area contributed by atoms with E-state index in [0.717, 1.165) is 19.3 Å². The molecule has 7 heteroatoms. The van der Waals surface area contributed by atoms with Gasteiger partial charge in [-0.15, -0.1) is 0 Å². The molecule has 0 aromatic carbocycles. The van der Waals surface area contributed by atoms with Gasteiger partial charge in [-0.3, -0.25) is 4.79 Å². The van der Waals surface area contributed by atoms with E-state index in [0.29, 0.717) is 17.6 Å². The number of amides is 1. The number of nitrogens with zero attached hydrogens (tertiary/aromatic N) is 2. The van der Waals surface area contributed by atoms with E-state index in [4.69, 9.17) is 4.74 Å². The fraction of sp³-hybridized carbons (Fsp3) is 0.500. The van der Waals surface area contributed by atoms with E-state index < -0.39 is 23.5 Å². The second kappa shape index (κ2) is 7.09. The van der Waals surface area contributed by atoms with Gasteiger partial charge in [0.1, 0.15) is 5.54 Å². The lowest BCUT2D eigenvalue weighted by Crippen LogP contribution is -2.52. The molecule has 0 unspecified atom stereocenters. The Morgan fingerprint density at radius 2 is 1.96 bits per heavy atom. The number of pyridine rings is 1. The van der Waals surface area contributed by atoms with Crippen LogP contribution in [0, 0.1) is 16.5 Å². The van der Waals surface area contributed by atoms with Gasteiger partial charge >= 0.3 is 5.97 Å². The molecule has 0 radical (unpaired) electrons. The Morgan fingerprint density at radius 1 is 1.35 bits per heavy atom. The summed E-state index contributed by atoms with van der Waals surface area (Å²) in [4.78, 5) is 24.1. The standard InChI is InChI=1S/C16H19N3O4/c1-12(23-15(21)13-5-9-19(22)10-6-13)14(20)18-16(11-17)7-3-2-4-8-16/h5-6,9-10,12H,2-4,7-8H2,1H3,(H,18,20)/t12-/m1/s1. The highest BCUT2D eigenvalue weighted by atomic mass is 16.5. The number of nitrogens with one attached hydrogen (secondary N) is 1. The minimum Gasteiger partial charge on any atom is -0.619 e. The molecule has 1 aromatic heterocycles. The Balaban J connectivity index is 1.95. The number of carbonyl (C=O) groups excluding carboxylic acids is 2. The van der Waals surface area contributed by atoms with Crippen molar-refractivity contribution in [2.24, 2.45) is 0 Å². The van der Waals surface area contributed by atoms with Crippen molar-refractivity contribution in [3.63, 3.8) is 0 Å². The normalized spacial score (nSPS) is 17.6. The van der Waals surface area contributed by atoms with E-state index in [1.165, 1.54) is 31.5 Å². The summed E-state index contributed by atoms with van der Waals surface area (Å²) in [5.41, 5.74) is -0.680. The third-order valence-electron chi connectivity index (χ3n) is 3.97. The zero-order valence-corrected chi connectivity index (χ0v) is 12.9. The molecule has 1 saturated carbocycles. The fourth-order valence-corrected chi connectivity index (χ4v) is 2.59. The van der Waals surface area contributed by atoms with Crippen LogP contribution in [0.15, 0.2) is 24.5 Å². The molecule has 23 heavy (non-hydrogen) atoms. The molecule has 122 valence electrons. The first kappa shape index (κ1) is 16.7. The SMILES string of the molecule is C[C@@H](OC(=O)c1cc[n+]([O-])cc1)C(=O)NC1(C#N)CCCCC1. The highest BCUT2D eigenvalue weighted by molar-refractivity contribution is 5.92. The van der Waals surface area contributed by atoms with Gasteiger partial charge in [0, 0.05) is 12.1 Å². The highest BCUT2D eigenvalue weighted by Gasteiger charge is 2.35. The maximum absolute atomic E-state index is 12.2. The molecular weight excluding hydrogens is 298 g/mol. The van der Waals surface area contributed by atoms with Crippen molar-refractivity contribution in [1.82, 2.24) is 5.32 Å². The van der Waals surface area contributed by atoms with Crippen LogP contribution in [-0.2, 0) is 9.53 Å². The monoisotopic (exact) mass is 317 g/mol. The van der Waals surface area contributed by atoms with Crippen molar-refractivity contribution in [2.75, 3.05) is 0 Å². The molecule has 2 rings (SSSR count). The van der Waals surface area contributed by atoms with Gasteiger partial charge in [0.15, 0.2) is 18.5 Å². The lowest BCUT2D eigenvalue weighted by Gasteiger charge is -2.32. The van der Waals surface area contributed by atoms with Gasteiger partial charge in [-0.25, -0.2) is 4.79 Å². The van der Waals surface area contributed by atoms with E-state index >= 15 is 0 Å². The molecule has 0 saturated heterocycles. The summed E-state index contributed by atoms with van der Waals surface area (Å²) in [7, 11) is 0. The van der Waals surface area contributed by atoms with E-state index in [2.05, 4.69) is 11.4 Å². The lowest BCUT2D eigenvalue weighted by molar-refractivity contribution is -0.605. The molecule has 1 heterocycles. The minimum absolute atomic E-state index is 0.185. The van der Waals surface area contributed by atoms with Crippen molar-refractivity contribution in [2.45, 2.75) is 50.7 Å². The first-order valence-electron chi connectivity index (χ1n) is 7.59. The molecule has 0 aliphatic heterocycles. The van der Waals surface area contributed by atoms with E-state index in [1.807, 2.05) is 0 Å². The Hall–Kier alpha value is -2.62. The van der Waals surface area contributed by atoms with E-state index in [9.17, 15) is 20.1 Å². The summed E-state index contributed by atoms with van der Waals surface area (Å²) in [6, 6.07) is 4.82. The fourth-order valence-electron chi connectivity index (χ4n) is 2.59. The van der Waals surface area contributed by atoms with Gasteiger partial charge in [-0.2, -0.15) is 9.99 Å². The van der Waals surface area contributed by atoms with Gasteiger partial charge in [-0.05, 0) is 19.8 Å². The molecule has 1 atom stereocenters. The van der Waals surface area contributed by atoms with Crippen LogP contribution in [0.2, 0.25) is 0 Å². The zero-order chi connectivity index (χ0) is 16.9. The van der Waals surface area contributed by atoms with E-state index in [1.54, 1.807) is 0 Å². The molecule has 1 aromatic rings. The van der Waals surface area contributed by atoms with Crippen molar-refractivity contribution in [3.8, 4) is 6.07 Å². The van der Waals surface area contributed by atoms with E-state index in [-0.39, 0.29) is 5.56 Å². The number of hydrogen-bond donors (Lipinski definition) is 1. The van der Waals surface area contributed by atoms with Gasteiger partial charge < -0.3 is 15.3 Å². The van der Waals surface area contributed by atoms with Gasteiger partial charge in [0.2, 0.25) is 0 Å². The second-order valence-electron chi connectivity index (χ2n) is 5.74. The van der Waals surface area contributed by atoms with Crippen LogP contribution in [0.4, 0.5) is 0 Å². The lowest BCUT2D eigenvalue weighted by atomic mass is 9.83. The summed E-state index contributed by atoms with van der Waals surface area (Å²) < 4.78 is 5.65. The number of hydrogen-bond acceptors (Lipinski definition) is 5. The molecule has 1 aliphatic carbocycles. The molecule has 0 bridgehead atoms. The number of ether oxygens (including phenoxy) is 1. The van der Waals surface area contributed by atoms with Crippen molar-refractivity contribution < 1.29 is 19.1 Å². The first-order chi connectivity index (χ1) is 11.0. The summed E-state index contributed by atoms with van der Waals surface area (Å²) >= 11 is 0. The molecule has 7 nitrogen and oxygen atoms in total. The average Bonchev–Trinajstić information content (AvgIpc) is 2.56. The summed E-state index contributed by atoms with van der Waals surface area (Å²) in [5, 5.41) is 23.0. The molecule has 1 aliphatic rings. The number of nitriles is 1. The Kier molecular flexibility index (Phi) is 5.16. The smallest absolute Gasteiger partial charge is 0.339 e. The van der Waals surface area contributed by atoms with Crippen LogP contribution in [0.5, 0.6) is 0 Å².